The zero-order valence-corrected chi connectivity index (χ0v) is 16.8. The molecule has 0 spiro atoms. The van der Waals surface area contributed by atoms with E-state index in [1.165, 1.54) is 4.31 Å². The molecule has 3 N–H and O–H groups in total. The predicted octanol–water partition coefficient (Wildman–Crippen LogP) is 1.12. The van der Waals surface area contributed by atoms with E-state index in [9.17, 15) is 13.2 Å². The van der Waals surface area contributed by atoms with E-state index in [1.807, 2.05) is 13.8 Å². The maximum absolute atomic E-state index is 12.5. The fourth-order valence-electron chi connectivity index (χ4n) is 2.65. The number of hydrogen-bond donors (Lipinski definition) is 2. The van der Waals surface area contributed by atoms with E-state index in [2.05, 4.69) is 5.32 Å². The quantitative estimate of drug-likeness (QED) is 0.707. The molecule has 2 rings (SSSR count). The average molecular weight is 406 g/mol. The number of nitrogens with zero attached hydrogens (tertiary/aromatic N) is 1. The van der Waals surface area contributed by atoms with Crippen LogP contribution >= 0.6 is 12.4 Å². The molecule has 1 fully saturated rings. The zero-order valence-electron chi connectivity index (χ0n) is 15.2. The molecular formula is C17H28ClN3O4S. The SMILES string of the molecule is CC(C)C[C@H](N)C(=O)NCc1ccc(S(=O)(=O)N2CCOCC2)cc1.Cl. The lowest BCUT2D eigenvalue weighted by molar-refractivity contribution is -0.122. The van der Waals surface area contributed by atoms with Gasteiger partial charge >= 0.3 is 0 Å². The van der Waals surface area contributed by atoms with E-state index in [0.29, 0.717) is 45.2 Å². The zero-order chi connectivity index (χ0) is 18.4. The summed E-state index contributed by atoms with van der Waals surface area (Å²) in [5.41, 5.74) is 6.66. The summed E-state index contributed by atoms with van der Waals surface area (Å²) in [5.74, 6) is 0.157. The van der Waals surface area contributed by atoms with Crippen LogP contribution in [-0.4, -0.2) is 51.0 Å². The van der Waals surface area contributed by atoms with Gasteiger partial charge in [-0.25, -0.2) is 8.42 Å². The van der Waals surface area contributed by atoms with Crippen LogP contribution in [0, 0.1) is 5.92 Å². The van der Waals surface area contributed by atoms with Gasteiger partial charge in [0.05, 0.1) is 24.2 Å². The van der Waals surface area contributed by atoms with Gasteiger partial charge in [-0.05, 0) is 30.0 Å². The van der Waals surface area contributed by atoms with Crippen LogP contribution in [0.5, 0.6) is 0 Å². The summed E-state index contributed by atoms with van der Waals surface area (Å²) in [6.45, 7) is 5.92. The van der Waals surface area contributed by atoms with Gasteiger partial charge in [0, 0.05) is 19.6 Å². The Kier molecular flexibility index (Phi) is 8.99. The Labute approximate surface area is 161 Å². The molecular weight excluding hydrogens is 378 g/mol. The van der Waals surface area contributed by atoms with Crippen molar-refractivity contribution in [2.45, 2.75) is 37.8 Å². The number of nitrogens with one attached hydrogen (secondary N) is 1. The van der Waals surface area contributed by atoms with Crippen LogP contribution in [0.4, 0.5) is 0 Å². The summed E-state index contributed by atoms with van der Waals surface area (Å²) < 4.78 is 31.7. The second-order valence-electron chi connectivity index (χ2n) is 6.61. The third kappa shape index (κ3) is 6.21. The summed E-state index contributed by atoms with van der Waals surface area (Å²) in [7, 11) is -3.49. The fourth-order valence-corrected chi connectivity index (χ4v) is 4.06. The molecule has 1 saturated heterocycles. The van der Waals surface area contributed by atoms with Crippen molar-refractivity contribution in [3.63, 3.8) is 0 Å². The van der Waals surface area contributed by atoms with Gasteiger partial charge in [-0.15, -0.1) is 12.4 Å². The summed E-state index contributed by atoms with van der Waals surface area (Å²) in [4.78, 5) is 12.2. The molecule has 0 radical (unpaired) electrons. The number of nitrogens with two attached hydrogens (primary N) is 1. The number of hydrogen-bond acceptors (Lipinski definition) is 5. The van der Waals surface area contributed by atoms with Crippen LogP contribution in [0.1, 0.15) is 25.8 Å². The Hall–Kier alpha value is -1.19. The Bertz CT molecular complexity index is 674. The molecule has 7 nitrogen and oxygen atoms in total. The molecule has 1 aromatic carbocycles. The van der Waals surface area contributed by atoms with Gasteiger partial charge in [0.15, 0.2) is 0 Å². The average Bonchev–Trinajstić information content (AvgIpc) is 2.60. The first-order chi connectivity index (χ1) is 11.8. The second-order valence-corrected chi connectivity index (χ2v) is 8.55. The highest BCUT2D eigenvalue weighted by Crippen LogP contribution is 2.17. The van der Waals surface area contributed by atoms with E-state index in [0.717, 1.165) is 5.56 Å². The van der Waals surface area contributed by atoms with Crippen molar-refractivity contribution >= 4 is 28.3 Å². The number of benzene rings is 1. The van der Waals surface area contributed by atoms with Crippen molar-refractivity contribution in [3.05, 3.63) is 29.8 Å². The van der Waals surface area contributed by atoms with Crippen molar-refractivity contribution < 1.29 is 17.9 Å². The van der Waals surface area contributed by atoms with Crippen LogP contribution in [-0.2, 0) is 26.1 Å². The standard InChI is InChI=1S/C17H27N3O4S.ClH/c1-13(2)11-16(18)17(21)19-12-14-3-5-15(6-4-14)25(22,23)20-7-9-24-10-8-20;/h3-6,13,16H,7-12,18H2,1-2H3,(H,19,21);1H/t16-;/m0./s1. The molecule has 0 aromatic heterocycles. The second kappa shape index (κ2) is 10.2. The van der Waals surface area contributed by atoms with E-state index >= 15 is 0 Å². The van der Waals surface area contributed by atoms with E-state index < -0.39 is 16.1 Å². The molecule has 1 heterocycles. The number of ether oxygens (including phenoxy) is 1. The predicted molar refractivity (Wildman–Crippen MR) is 103 cm³/mol. The molecule has 0 unspecified atom stereocenters. The van der Waals surface area contributed by atoms with Crippen molar-refractivity contribution in [2.24, 2.45) is 11.7 Å². The minimum absolute atomic E-state index is 0. The molecule has 148 valence electrons. The molecule has 1 aromatic rings. The van der Waals surface area contributed by atoms with Crippen molar-refractivity contribution in [1.82, 2.24) is 9.62 Å². The molecule has 1 aliphatic heterocycles. The third-order valence-electron chi connectivity index (χ3n) is 4.06. The molecule has 1 aliphatic rings. The minimum Gasteiger partial charge on any atom is -0.379 e. The molecule has 9 heteroatoms. The van der Waals surface area contributed by atoms with Crippen LogP contribution in [0.2, 0.25) is 0 Å². The largest absolute Gasteiger partial charge is 0.379 e. The van der Waals surface area contributed by atoms with E-state index in [-0.39, 0.29) is 23.2 Å². The first-order valence-corrected chi connectivity index (χ1v) is 9.95. The maximum Gasteiger partial charge on any atom is 0.243 e. The van der Waals surface area contributed by atoms with Gasteiger partial charge in [0.2, 0.25) is 15.9 Å². The number of sulfonamides is 1. The molecule has 1 atom stereocenters. The highest BCUT2D eigenvalue weighted by molar-refractivity contribution is 7.89. The van der Waals surface area contributed by atoms with Crippen molar-refractivity contribution in [2.75, 3.05) is 26.3 Å². The number of rotatable bonds is 7. The lowest BCUT2D eigenvalue weighted by Gasteiger charge is -2.26. The third-order valence-corrected chi connectivity index (χ3v) is 5.97. The number of carbonyl (C=O) groups is 1. The lowest BCUT2D eigenvalue weighted by Crippen LogP contribution is -2.41. The van der Waals surface area contributed by atoms with Gasteiger partial charge < -0.3 is 15.8 Å². The summed E-state index contributed by atoms with van der Waals surface area (Å²) >= 11 is 0. The number of carbonyl (C=O) groups excluding carboxylic acids is 1. The van der Waals surface area contributed by atoms with Crippen LogP contribution in [0.25, 0.3) is 0 Å². The topological polar surface area (TPSA) is 102 Å². The van der Waals surface area contributed by atoms with E-state index in [1.54, 1.807) is 24.3 Å². The molecule has 0 aliphatic carbocycles. The van der Waals surface area contributed by atoms with Gasteiger partial charge in [0.1, 0.15) is 0 Å². The first kappa shape index (κ1) is 22.9. The molecule has 1 amide bonds. The van der Waals surface area contributed by atoms with Crippen LogP contribution in [0.3, 0.4) is 0 Å². The minimum atomic E-state index is -3.49. The normalized spacial score (nSPS) is 16.8. The van der Waals surface area contributed by atoms with E-state index in [4.69, 9.17) is 10.5 Å². The Morgan fingerprint density at radius 1 is 1.23 bits per heavy atom. The summed E-state index contributed by atoms with van der Waals surface area (Å²) in [6, 6.07) is 6.03. The van der Waals surface area contributed by atoms with Gasteiger partial charge in [-0.1, -0.05) is 26.0 Å². The number of amides is 1. The fraction of sp³-hybridized carbons (Fsp3) is 0.588. The molecule has 0 saturated carbocycles. The Morgan fingerprint density at radius 2 is 1.81 bits per heavy atom. The monoisotopic (exact) mass is 405 g/mol. The highest BCUT2D eigenvalue weighted by atomic mass is 35.5. The lowest BCUT2D eigenvalue weighted by atomic mass is 10.0. The van der Waals surface area contributed by atoms with Crippen LogP contribution < -0.4 is 11.1 Å². The maximum atomic E-state index is 12.5. The molecule has 26 heavy (non-hydrogen) atoms. The Balaban J connectivity index is 0.00000338. The smallest absolute Gasteiger partial charge is 0.243 e. The van der Waals surface area contributed by atoms with Gasteiger partial charge in [-0.2, -0.15) is 4.31 Å². The summed E-state index contributed by atoms with van der Waals surface area (Å²) in [6.07, 6.45) is 0.628. The Morgan fingerprint density at radius 3 is 2.35 bits per heavy atom. The van der Waals surface area contributed by atoms with Gasteiger partial charge in [-0.3, -0.25) is 4.79 Å². The van der Waals surface area contributed by atoms with Gasteiger partial charge in [0.25, 0.3) is 0 Å². The van der Waals surface area contributed by atoms with Crippen LogP contribution in [0.15, 0.2) is 29.2 Å². The number of halogens is 1. The first-order valence-electron chi connectivity index (χ1n) is 8.51. The summed E-state index contributed by atoms with van der Waals surface area (Å²) in [5, 5.41) is 2.79. The van der Waals surface area contributed by atoms with Crippen molar-refractivity contribution in [3.8, 4) is 0 Å². The molecule has 0 bridgehead atoms. The van der Waals surface area contributed by atoms with Crippen molar-refractivity contribution in [1.29, 1.82) is 0 Å². The highest BCUT2D eigenvalue weighted by Gasteiger charge is 2.26. The number of morpholine rings is 1.